The first kappa shape index (κ1) is 23.0. The van der Waals surface area contributed by atoms with Crippen molar-refractivity contribution >= 4 is 27.6 Å². The molecule has 1 aromatic heterocycles. The van der Waals surface area contributed by atoms with Gasteiger partial charge >= 0.3 is 18.5 Å². The average molecular weight is 498 g/mol. The molecule has 2 rings (SSSR count). The molecule has 0 saturated carbocycles. The Morgan fingerprint density at radius 1 is 0.966 bits per heavy atom. The molecule has 0 fully saturated rings. The van der Waals surface area contributed by atoms with Gasteiger partial charge in [-0.1, -0.05) is 0 Å². The van der Waals surface area contributed by atoms with Gasteiger partial charge in [0, 0.05) is 12.6 Å². The quantitative estimate of drug-likeness (QED) is 0.543. The van der Waals surface area contributed by atoms with E-state index in [4.69, 9.17) is 0 Å². The van der Waals surface area contributed by atoms with Gasteiger partial charge in [-0.3, -0.25) is 9.36 Å². The van der Waals surface area contributed by atoms with Crippen LogP contribution in [0, 0.1) is 0 Å². The molecule has 0 unspecified atom stereocenters. The third-order valence-electron chi connectivity index (χ3n) is 3.57. The zero-order valence-corrected chi connectivity index (χ0v) is 15.6. The molecule has 0 spiro atoms. The summed E-state index contributed by atoms with van der Waals surface area (Å²) in [5.41, 5.74) is -7.15. The largest absolute Gasteiger partial charge is 0.433 e. The third kappa shape index (κ3) is 5.03. The number of nitrogens with one attached hydrogen (secondary N) is 1. The fourth-order valence-corrected chi connectivity index (χ4v) is 2.81. The summed E-state index contributed by atoms with van der Waals surface area (Å²) in [6.45, 7) is 1.07. The molecule has 29 heavy (non-hydrogen) atoms. The van der Waals surface area contributed by atoms with Crippen LogP contribution in [0.5, 0.6) is 0 Å². The minimum atomic E-state index is -5.21. The molecule has 4 nitrogen and oxygen atoms in total. The molecule has 2 aromatic rings. The van der Waals surface area contributed by atoms with Crippen molar-refractivity contribution in [1.82, 2.24) is 9.55 Å². The predicted octanol–water partition coefficient (Wildman–Crippen LogP) is 5.83. The van der Waals surface area contributed by atoms with Crippen LogP contribution in [0.3, 0.4) is 0 Å². The van der Waals surface area contributed by atoms with Gasteiger partial charge in [0.1, 0.15) is 0 Å². The number of benzene rings is 1. The molecule has 1 heterocycles. The standard InChI is InChI=1S/C15H9BrF9N3O/c1-2-28-10(29)5-9(15(23,24)25)27-12(28)26-8-4-6(13(17,18)19)3-7(11(8)16)14(20,21)22/h3-5H,2H2,1H3,(H,26,27). The van der Waals surface area contributed by atoms with E-state index >= 15 is 0 Å². The van der Waals surface area contributed by atoms with E-state index in [0.29, 0.717) is 4.57 Å². The number of halogens is 10. The zero-order chi connectivity index (χ0) is 22.4. The molecule has 0 aliphatic carbocycles. The Hall–Kier alpha value is -2.25. The molecular formula is C15H9BrF9N3O. The number of alkyl halides is 9. The summed E-state index contributed by atoms with van der Waals surface area (Å²) in [4.78, 5) is 15.0. The van der Waals surface area contributed by atoms with Gasteiger partial charge in [0.05, 0.1) is 21.3 Å². The molecule has 0 atom stereocenters. The van der Waals surface area contributed by atoms with E-state index in [1.54, 1.807) is 0 Å². The van der Waals surface area contributed by atoms with Crippen LogP contribution in [0.25, 0.3) is 0 Å². The molecule has 0 aliphatic heterocycles. The van der Waals surface area contributed by atoms with Gasteiger partial charge in [0.2, 0.25) is 5.95 Å². The van der Waals surface area contributed by atoms with Gasteiger partial charge in [0.25, 0.3) is 5.56 Å². The normalized spacial score (nSPS) is 12.9. The van der Waals surface area contributed by atoms with Crippen LogP contribution in [0.2, 0.25) is 0 Å². The van der Waals surface area contributed by atoms with Crippen molar-refractivity contribution in [2.24, 2.45) is 0 Å². The van der Waals surface area contributed by atoms with Crippen LogP contribution >= 0.6 is 15.9 Å². The lowest BCUT2D eigenvalue weighted by Gasteiger charge is -2.19. The second kappa shape index (κ2) is 7.54. The maximum absolute atomic E-state index is 13.1. The molecule has 0 radical (unpaired) electrons. The van der Waals surface area contributed by atoms with Crippen LogP contribution < -0.4 is 10.9 Å². The Morgan fingerprint density at radius 2 is 1.55 bits per heavy atom. The van der Waals surface area contributed by atoms with Crippen molar-refractivity contribution in [3.8, 4) is 0 Å². The van der Waals surface area contributed by atoms with E-state index in [1.807, 2.05) is 5.32 Å². The highest BCUT2D eigenvalue weighted by atomic mass is 79.9. The first-order valence-electron chi connectivity index (χ1n) is 7.49. The first-order valence-corrected chi connectivity index (χ1v) is 8.29. The number of hydrogen-bond acceptors (Lipinski definition) is 3. The lowest BCUT2D eigenvalue weighted by Crippen LogP contribution is -2.26. The van der Waals surface area contributed by atoms with Crippen molar-refractivity contribution < 1.29 is 39.5 Å². The maximum atomic E-state index is 13.1. The van der Waals surface area contributed by atoms with E-state index in [2.05, 4.69) is 20.9 Å². The molecule has 0 bridgehead atoms. The van der Waals surface area contributed by atoms with E-state index in [9.17, 15) is 44.3 Å². The second-order valence-corrected chi connectivity index (χ2v) is 6.34. The van der Waals surface area contributed by atoms with Crippen molar-refractivity contribution in [2.45, 2.75) is 32.0 Å². The number of anilines is 2. The highest BCUT2D eigenvalue weighted by Crippen LogP contribution is 2.43. The fraction of sp³-hybridized carbons (Fsp3) is 0.333. The fourth-order valence-electron chi connectivity index (χ4n) is 2.26. The van der Waals surface area contributed by atoms with Crippen molar-refractivity contribution in [3.05, 3.63) is 49.8 Å². The Balaban J connectivity index is 2.74. The predicted molar refractivity (Wildman–Crippen MR) is 86.6 cm³/mol. The lowest BCUT2D eigenvalue weighted by atomic mass is 10.1. The summed E-state index contributed by atoms with van der Waals surface area (Å²) in [7, 11) is 0. The van der Waals surface area contributed by atoms with Crippen molar-refractivity contribution in [1.29, 1.82) is 0 Å². The van der Waals surface area contributed by atoms with Crippen LogP contribution in [0.1, 0.15) is 23.7 Å². The van der Waals surface area contributed by atoms with E-state index in [-0.39, 0.29) is 24.7 Å². The summed E-state index contributed by atoms with van der Waals surface area (Å²) in [5.74, 6) is -0.875. The first-order chi connectivity index (χ1) is 13.1. The van der Waals surface area contributed by atoms with E-state index in [0.717, 1.165) is 0 Å². The molecule has 1 N–H and O–H groups in total. The Labute approximate surface area is 164 Å². The molecule has 160 valence electrons. The average Bonchev–Trinajstić information content (AvgIpc) is 2.53. The number of hydrogen-bond donors (Lipinski definition) is 1. The summed E-state index contributed by atoms with van der Waals surface area (Å²) < 4.78 is 117. The van der Waals surface area contributed by atoms with Gasteiger partial charge in [0.15, 0.2) is 5.69 Å². The summed E-state index contributed by atoms with van der Waals surface area (Å²) in [6, 6.07) is 0.268. The van der Waals surface area contributed by atoms with Gasteiger partial charge < -0.3 is 5.32 Å². The monoisotopic (exact) mass is 497 g/mol. The van der Waals surface area contributed by atoms with Crippen LogP contribution in [0.15, 0.2) is 27.5 Å². The number of aromatic nitrogens is 2. The van der Waals surface area contributed by atoms with Crippen LogP contribution in [-0.4, -0.2) is 9.55 Å². The number of nitrogens with zero attached hydrogens (tertiary/aromatic N) is 2. The minimum Gasteiger partial charge on any atom is -0.324 e. The summed E-state index contributed by atoms with van der Waals surface area (Å²) >= 11 is 2.51. The molecule has 1 aromatic carbocycles. The summed E-state index contributed by atoms with van der Waals surface area (Å²) in [5, 5.41) is 1.98. The molecule has 14 heteroatoms. The molecule has 0 amide bonds. The Kier molecular flexibility index (Phi) is 5.99. The van der Waals surface area contributed by atoms with Gasteiger partial charge in [-0.05, 0) is 35.0 Å². The van der Waals surface area contributed by atoms with E-state index < -0.39 is 57.0 Å². The highest BCUT2D eigenvalue weighted by Gasteiger charge is 2.39. The molecule has 0 aliphatic rings. The second-order valence-electron chi connectivity index (χ2n) is 5.55. The topological polar surface area (TPSA) is 46.9 Å². The molecular weight excluding hydrogens is 489 g/mol. The molecule has 0 saturated heterocycles. The maximum Gasteiger partial charge on any atom is 0.433 e. The van der Waals surface area contributed by atoms with Gasteiger partial charge in [-0.2, -0.15) is 39.5 Å². The number of rotatable bonds is 3. The minimum absolute atomic E-state index is 0.151. The zero-order valence-electron chi connectivity index (χ0n) is 14.0. The SMILES string of the molecule is CCn1c(Nc2cc(C(F)(F)F)cc(C(F)(F)F)c2Br)nc(C(F)(F)F)cc1=O. The Morgan fingerprint density at radius 3 is 2.00 bits per heavy atom. The third-order valence-corrected chi connectivity index (χ3v) is 4.42. The van der Waals surface area contributed by atoms with Crippen molar-refractivity contribution in [2.75, 3.05) is 5.32 Å². The lowest BCUT2D eigenvalue weighted by molar-refractivity contribution is -0.143. The van der Waals surface area contributed by atoms with Crippen LogP contribution in [-0.2, 0) is 25.1 Å². The van der Waals surface area contributed by atoms with Crippen molar-refractivity contribution in [3.63, 3.8) is 0 Å². The Bertz CT molecular complexity index is 977. The highest BCUT2D eigenvalue weighted by molar-refractivity contribution is 9.10. The van der Waals surface area contributed by atoms with E-state index in [1.165, 1.54) is 6.92 Å². The van der Waals surface area contributed by atoms with Gasteiger partial charge in [-0.25, -0.2) is 4.98 Å². The van der Waals surface area contributed by atoms with Crippen LogP contribution in [0.4, 0.5) is 51.1 Å². The summed E-state index contributed by atoms with van der Waals surface area (Å²) in [6.07, 6.45) is -15.4. The van der Waals surface area contributed by atoms with Gasteiger partial charge in [-0.15, -0.1) is 0 Å². The smallest absolute Gasteiger partial charge is 0.324 e.